The summed E-state index contributed by atoms with van der Waals surface area (Å²) >= 11 is 0. The standard InChI is InChI=1S/C52H33N3O3/c1-52(2)40-20-9-6-19-39(40)48-46(52)45(30-13-4-3-5-14-30)47(58-48)31-15-12-16-32(27-31)49-53-50(33-23-25-37-35-17-7-10-21-41(35)56-43(37)28-33)55-51(54-49)34-24-26-38-36-18-8-11-22-42(36)57-44(38)29-34/h3-29H,1-2H3. The SMILES string of the molecule is CC1(C)c2ccccc2-c2oc(-c3cccc(-c4nc(-c5ccc6c(c5)oc5ccccc56)nc(-c5ccc6c(c5)oc5ccccc56)n4)c3)c(-c3ccccc3)c21. The first kappa shape index (κ1) is 32.7. The summed E-state index contributed by atoms with van der Waals surface area (Å²) in [6, 6.07) is 56.0. The van der Waals surface area contributed by atoms with E-state index < -0.39 is 0 Å². The summed E-state index contributed by atoms with van der Waals surface area (Å²) in [6.07, 6.45) is 0. The maximum absolute atomic E-state index is 6.99. The highest BCUT2D eigenvalue weighted by atomic mass is 16.3. The van der Waals surface area contributed by atoms with Gasteiger partial charge in [0.05, 0.1) is 0 Å². The molecule has 274 valence electrons. The lowest BCUT2D eigenvalue weighted by molar-refractivity contribution is 0.593. The number of para-hydroxylation sites is 2. The first-order valence-corrected chi connectivity index (χ1v) is 19.5. The van der Waals surface area contributed by atoms with E-state index in [9.17, 15) is 0 Å². The Kier molecular flexibility index (Phi) is 6.88. The minimum absolute atomic E-state index is 0.254. The molecular formula is C52H33N3O3. The molecule has 6 heteroatoms. The molecule has 0 aliphatic heterocycles. The molecule has 0 saturated heterocycles. The predicted octanol–water partition coefficient (Wildman–Crippen LogP) is 13.9. The molecule has 0 amide bonds. The fraction of sp³-hybridized carbons (Fsp3) is 0.0577. The van der Waals surface area contributed by atoms with Crippen LogP contribution >= 0.6 is 0 Å². The summed E-state index contributed by atoms with van der Waals surface area (Å²) in [5, 5.41) is 4.23. The van der Waals surface area contributed by atoms with Gasteiger partial charge in [0.1, 0.15) is 33.9 Å². The van der Waals surface area contributed by atoms with Crippen LogP contribution in [0.15, 0.2) is 177 Å². The first-order chi connectivity index (χ1) is 28.5. The summed E-state index contributed by atoms with van der Waals surface area (Å²) in [6.45, 7) is 4.58. The van der Waals surface area contributed by atoms with Crippen molar-refractivity contribution in [2.24, 2.45) is 0 Å². The van der Waals surface area contributed by atoms with Crippen molar-refractivity contribution in [1.29, 1.82) is 0 Å². The fourth-order valence-corrected chi connectivity index (χ4v) is 8.95. The smallest absolute Gasteiger partial charge is 0.164 e. The topological polar surface area (TPSA) is 78.1 Å². The van der Waals surface area contributed by atoms with E-state index in [1.807, 2.05) is 48.5 Å². The highest BCUT2D eigenvalue weighted by molar-refractivity contribution is 6.07. The third kappa shape index (κ3) is 4.88. The van der Waals surface area contributed by atoms with Gasteiger partial charge in [-0.25, -0.2) is 15.0 Å². The van der Waals surface area contributed by atoms with E-state index in [0.717, 1.165) is 94.3 Å². The van der Waals surface area contributed by atoms with Crippen molar-refractivity contribution in [3.63, 3.8) is 0 Å². The molecule has 4 heterocycles. The number of hydrogen-bond acceptors (Lipinski definition) is 6. The van der Waals surface area contributed by atoms with Gasteiger partial charge in [-0.3, -0.25) is 0 Å². The Morgan fingerprint density at radius 1 is 0.379 bits per heavy atom. The number of benzene rings is 7. The highest BCUT2D eigenvalue weighted by Gasteiger charge is 2.42. The van der Waals surface area contributed by atoms with Gasteiger partial charge in [0.15, 0.2) is 17.5 Å². The zero-order valence-electron chi connectivity index (χ0n) is 31.7. The van der Waals surface area contributed by atoms with E-state index in [1.165, 1.54) is 11.1 Å². The zero-order valence-corrected chi connectivity index (χ0v) is 31.7. The Hall–Kier alpha value is -7.57. The van der Waals surface area contributed by atoms with Crippen LogP contribution in [0.5, 0.6) is 0 Å². The number of furan rings is 3. The third-order valence-corrected chi connectivity index (χ3v) is 11.7. The van der Waals surface area contributed by atoms with E-state index in [2.05, 4.69) is 129 Å². The average molecular weight is 748 g/mol. The molecule has 0 saturated carbocycles. The quantitative estimate of drug-likeness (QED) is 0.174. The maximum atomic E-state index is 6.99. The van der Waals surface area contributed by atoms with Crippen LogP contribution in [0.4, 0.5) is 0 Å². The van der Waals surface area contributed by atoms with Gasteiger partial charge in [-0.2, -0.15) is 0 Å². The normalized spacial score (nSPS) is 13.1. The molecule has 7 aromatic carbocycles. The van der Waals surface area contributed by atoms with Gasteiger partial charge in [0.25, 0.3) is 0 Å². The predicted molar refractivity (Wildman–Crippen MR) is 231 cm³/mol. The first-order valence-electron chi connectivity index (χ1n) is 19.5. The molecule has 1 aliphatic rings. The molecule has 0 spiro atoms. The summed E-state index contributed by atoms with van der Waals surface area (Å²) < 4.78 is 19.6. The van der Waals surface area contributed by atoms with Crippen molar-refractivity contribution in [1.82, 2.24) is 15.0 Å². The fourth-order valence-electron chi connectivity index (χ4n) is 8.95. The Bertz CT molecular complexity index is 3310. The molecule has 0 fully saturated rings. The minimum atomic E-state index is -0.254. The Balaban J connectivity index is 1.05. The second kappa shape index (κ2) is 12.2. The Labute approximate surface area is 333 Å². The summed E-state index contributed by atoms with van der Waals surface area (Å²) in [5.74, 6) is 3.37. The molecule has 11 aromatic rings. The van der Waals surface area contributed by atoms with Crippen molar-refractivity contribution in [3.8, 4) is 67.9 Å². The summed E-state index contributed by atoms with van der Waals surface area (Å²) in [7, 11) is 0. The van der Waals surface area contributed by atoms with Gasteiger partial charge in [0, 0.05) is 65.9 Å². The molecule has 4 aromatic heterocycles. The van der Waals surface area contributed by atoms with Crippen molar-refractivity contribution < 1.29 is 13.3 Å². The molecule has 6 nitrogen and oxygen atoms in total. The number of fused-ring (bicyclic) bond motifs is 9. The Morgan fingerprint density at radius 2 is 0.879 bits per heavy atom. The number of aromatic nitrogens is 3. The molecule has 0 N–H and O–H groups in total. The lowest BCUT2D eigenvalue weighted by atomic mass is 9.79. The molecule has 1 aliphatic carbocycles. The minimum Gasteiger partial charge on any atom is -0.456 e. The second-order valence-electron chi connectivity index (χ2n) is 15.6. The molecule has 0 radical (unpaired) electrons. The van der Waals surface area contributed by atoms with E-state index >= 15 is 0 Å². The van der Waals surface area contributed by atoms with Crippen LogP contribution in [0.1, 0.15) is 25.0 Å². The van der Waals surface area contributed by atoms with Gasteiger partial charge in [-0.15, -0.1) is 0 Å². The lowest BCUT2D eigenvalue weighted by Crippen LogP contribution is -2.15. The number of rotatable bonds is 5. The highest BCUT2D eigenvalue weighted by Crippen LogP contribution is 2.56. The average Bonchev–Trinajstić information content (AvgIpc) is 4.02. The summed E-state index contributed by atoms with van der Waals surface area (Å²) in [5.41, 5.74) is 12.2. The van der Waals surface area contributed by atoms with Crippen LogP contribution < -0.4 is 0 Å². The molecule has 0 atom stereocenters. The molecule has 0 unspecified atom stereocenters. The molecular weight excluding hydrogens is 715 g/mol. The van der Waals surface area contributed by atoms with Gasteiger partial charge in [0.2, 0.25) is 0 Å². The van der Waals surface area contributed by atoms with Crippen LogP contribution in [-0.4, -0.2) is 15.0 Å². The van der Waals surface area contributed by atoms with Crippen LogP contribution in [-0.2, 0) is 5.41 Å². The van der Waals surface area contributed by atoms with E-state index in [-0.39, 0.29) is 5.41 Å². The zero-order chi connectivity index (χ0) is 38.5. The van der Waals surface area contributed by atoms with Crippen LogP contribution in [0.2, 0.25) is 0 Å². The van der Waals surface area contributed by atoms with E-state index in [4.69, 9.17) is 28.2 Å². The maximum Gasteiger partial charge on any atom is 0.164 e. The number of nitrogens with zero attached hydrogens (tertiary/aromatic N) is 3. The van der Waals surface area contributed by atoms with Gasteiger partial charge < -0.3 is 13.3 Å². The molecule has 0 bridgehead atoms. The molecule has 58 heavy (non-hydrogen) atoms. The second-order valence-corrected chi connectivity index (χ2v) is 15.6. The summed E-state index contributed by atoms with van der Waals surface area (Å²) in [4.78, 5) is 15.4. The van der Waals surface area contributed by atoms with E-state index in [0.29, 0.717) is 17.5 Å². The Morgan fingerprint density at radius 3 is 1.52 bits per heavy atom. The van der Waals surface area contributed by atoms with Crippen LogP contribution in [0, 0.1) is 0 Å². The van der Waals surface area contributed by atoms with Crippen molar-refractivity contribution >= 4 is 43.9 Å². The van der Waals surface area contributed by atoms with Crippen molar-refractivity contribution in [2.45, 2.75) is 19.3 Å². The van der Waals surface area contributed by atoms with Crippen molar-refractivity contribution in [2.75, 3.05) is 0 Å². The van der Waals surface area contributed by atoms with Crippen LogP contribution in [0.3, 0.4) is 0 Å². The van der Waals surface area contributed by atoms with Gasteiger partial charge in [-0.1, -0.05) is 135 Å². The number of hydrogen-bond donors (Lipinski definition) is 0. The van der Waals surface area contributed by atoms with Gasteiger partial charge >= 0.3 is 0 Å². The molecule has 12 rings (SSSR count). The lowest BCUT2D eigenvalue weighted by Gasteiger charge is -2.22. The third-order valence-electron chi connectivity index (χ3n) is 11.7. The van der Waals surface area contributed by atoms with Gasteiger partial charge in [-0.05, 0) is 53.6 Å². The van der Waals surface area contributed by atoms with Crippen LogP contribution in [0.25, 0.3) is 112 Å². The monoisotopic (exact) mass is 747 g/mol. The van der Waals surface area contributed by atoms with E-state index in [1.54, 1.807) is 0 Å². The van der Waals surface area contributed by atoms with Crippen molar-refractivity contribution in [3.05, 3.63) is 175 Å². The largest absolute Gasteiger partial charge is 0.456 e.